The highest BCUT2D eigenvalue weighted by atomic mass is 16.6. The molecule has 1 fully saturated rings. The molecule has 0 amide bonds. The molecule has 0 atom stereocenters. The predicted molar refractivity (Wildman–Crippen MR) is 110 cm³/mol. The van der Waals surface area contributed by atoms with Crippen molar-refractivity contribution in [1.29, 1.82) is 0 Å². The third-order valence-electron chi connectivity index (χ3n) is 5.99. The molecule has 4 rings (SSSR count). The van der Waals surface area contributed by atoms with Crippen molar-refractivity contribution in [1.82, 2.24) is 0 Å². The summed E-state index contributed by atoms with van der Waals surface area (Å²) in [5, 5.41) is 0. The fourth-order valence-electron chi connectivity index (χ4n) is 4.32. The number of fused-ring (bicyclic) bond motifs is 1. The van der Waals surface area contributed by atoms with Crippen molar-refractivity contribution in [3.8, 4) is 17.2 Å². The first-order valence-electron chi connectivity index (χ1n) is 10.3. The van der Waals surface area contributed by atoms with Crippen molar-refractivity contribution in [3.63, 3.8) is 0 Å². The van der Waals surface area contributed by atoms with Gasteiger partial charge in [0.2, 0.25) is 0 Å². The number of carbonyl (C=O) groups excluding carboxylic acids is 2. The van der Waals surface area contributed by atoms with E-state index < -0.39 is 5.41 Å². The predicted octanol–water partition coefficient (Wildman–Crippen LogP) is 4.22. The van der Waals surface area contributed by atoms with Crippen LogP contribution in [-0.2, 0) is 21.6 Å². The first-order chi connectivity index (χ1) is 14.5. The van der Waals surface area contributed by atoms with Crippen LogP contribution in [0.4, 0.5) is 0 Å². The van der Waals surface area contributed by atoms with E-state index in [4.69, 9.17) is 18.9 Å². The molecule has 2 aliphatic rings. The molecule has 1 aliphatic carbocycles. The third-order valence-corrected chi connectivity index (χ3v) is 5.99. The van der Waals surface area contributed by atoms with E-state index in [9.17, 15) is 9.59 Å². The lowest BCUT2D eigenvalue weighted by molar-refractivity contribution is -0.152. The maximum atomic E-state index is 13.3. The minimum Gasteiger partial charge on any atom is -0.496 e. The Morgan fingerprint density at radius 3 is 2.43 bits per heavy atom. The monoisotopic (exact) mass is 410 g/mol. The van der Waals surface area contributed by atoms with Gasteiger partial charge in [-0.15, -0.1) is 0 Å². The number of benzene rings is 2. The number of carbonyl (C=O) groups is 2. The van der Waals surface area contributed by atoms with Gasteiger partial charge < -0.3 is 18.9 Å². The van der Waals surface area contributed by atoms with E-state index in [1.807, 2.05) is 18.2 Å². The van der Waals surface area contributed by atoms with Gasteiger partial charge in [0.05, 0.1) is 12.5 Å². The molecule has 158 valence electrons. The summed E-state index contributed by atoms with van der Waals surface area (Å²) in [5.41, 5.74) is 1.44. The summed E-state index contributed by atoms with van der Waals surface area (Å²) in [6, 6.07) is 10.9. The number of ether oxygens (including phenoxy) is 4. The highest BCUT2D eigenvalue weighted by Gasteiger charge is 2.44. The van der Waals surface area contributed by atoms with Gasteiger partial charge in [0.25, 0.3) is 0 Å². The Balaban J connectivity index is 1.58. The molecule has 1 aliphatic heterocycles. The Bertz CT molecular complexity index is 958. The molecule has 0 N–H and O–H groups in total. The second kappa shape index (κ2) is 8.38. The standard InChI is InChI=1S/C24H26O6/c1-16(25)17-5-7-20(27-2)18(13-17)15-30-23(26)24(9-3-4-10-24)19-6-8-21-22(14-19)29-12-11-28-21/h5-8,13-14H,3-4,9-12,15H2,1-2H3. The van der Waals surface area contributed by atoms with Gasteiger partial charge in [-0.05, 0) is 55.7 Å². The van der Waals surface area contributed by atoms with Crippen LogP contribution in [-0.4, -0.2) is 32.1 Å². The summed E-state index contributed by atoms with van der Waals surface area (Å²) in [7, 11) is 1.56. The van der Waals surface area contributed by atoms with E-state index in [2.05, 4.69) is 0 Å². The van der Waals surface area contributed by atoms with E-state index in [1.54, 1.807) is 25.3 Å². The van der Waals surface area contributed by atoms with Gasteiger partial charge in [-0.1, -0.05) is 18.9 Å². The number of methoxy groups -OCH3 is 1. The number of hydrogen-bond acceptors (Lipinski definition) is 6. The molecular weight excluding hydrogens is 384 g/mol. The van der Waals surface area contributed by atoms with Crippen molar-refractivity contribution >= 4 is 11.8 Å². The lowest BCUT2D eigenvalue weighted by atomic mass is 9.78. The maximum Gasteiger partial charge on any atom is 0.316 e. The van der Waals surface area contributed by atoms with Crippen LogP contribution >= 0.6 is 0 Å². The van der Waals surface area contributed by atoms with E-state index in [-0.39, 0.29) is 18.4 Å². The molecule has 0 saturated heterocycles. The number of esters is 1. The number of Topliss-reactive ketones (excluding diaryl/α,β-unsaturated/α-hetero) is 1. The number of rotatable bonds is 6. The zero-order valence-electron chi connectivity index (χ0n) is 17.4. The Kier molecular flexibility index (Phi) is 5.66. The topological polar surface area (TPSA) is 71.1 Å². The molecule has 1 heterocycles. The lowest BCUT2D eigenvalue weighted by Crippen LogP contribution is -2.35. The molecule has 6 nitrogen and oxygen atoms in total. The maximum absolute atomic E-state index is 13.3. The third kappa shape index (κ3) is 3.74. The molecule has 0 spiro atoms. The van der Waals surface area contributed by atoms with Crippen molar-refractivity contribution < 1.29 is 28.5 Å². The second-order valence-electron chi connectivity index (χ2n) is 7.81. The number of ketones is 1. The van der Waals surface area contributed by atoms with Crippen LogP contribution in [0.15, 0.2) is 36.4 Å². The van der Waals surface area contributed by atoms with Crippen LogP contribution in [0, 0.1) is 0 Å². The Morgan fingerprint density at radius 2 is 1.73 bits per heavy atom. The van der Waals surface area contributed by atoms with Gasteiger partial charge >= 0.3 is 5.97 Å². The Morgan fingerprint density at radius 1 is 1.00 bits per heavy atom. The molecule has 0 radical (unpaired) electrons. The van der Waals surface area contributed by atoms with E-state index in [1.165, 1.54) is 6.92 Å². The first-order valence-corrected chi connectivity index (χ1v) is 10.3. The molecule has 0 aromatic heterocycles. The quantitative estimate of drug-likeness (QED) is 0.524. The smallest absolute Gasteiger partial charge is 0.316 e. The summed E-state index contributed by atoms with van der Waals surface area (Å²) in [6.45, 7) is 2.59. The fourth-order valence-corrected chi connectivity index (χ4v) is 4.32. The normalized spacial score (nSPS) is 16.7. The Labute approximate surface area is 176 Å². The van der Waals surface area contributed by atoms with Crippen LogP contribution in [0.25, 0.3) is 0 Å². The van der Waals surface area contributed by atoms with Crippen LogP contribution in [0.5, 0.6) is 17.2 Å². The van der Waals surface area contributed by atoms with Crippen molar-refractivity contribution in [2.45, 2.75) is 44.6 Å². The van der Waals surface area contributed by atoms with Gasteiger partial charge in [-0.2, -0.15) is 0 Å². The molecule has 1 saturated carbocycles. The van der Waals surface area contributed by atoms with Crippen molar-refractivity contribution in [2.24, 2.45) is 0 Å². The van der Waals surface area contributed by atoms with Crippen LogP contribution in [0.3, 0.4) is 0 Å². The van der Waals surface area contributed by atoms with E-state index >= 15 is 0 Å². The first kappa shape index (κ1) is 20.3. The van der Waals surface area contributed by atoms with Gasteiger partial charge in [0.15, 0.2) is 17.3 Å². The van der Waals surface area contributed by atoms with Gasteiger partial charge in [0.1, 0.15) is 25.6 Å². The second-order valence-corrected chi connectivity index (χ2v) is 7.81. The molecule has 2 aromatic carbocycles. The summed E-state index contributed by atoms with van der Waals surface area (Å²) in [4.78, 5) is 25.1. The van der Waals surface area contributed by atoms with Crippen molar-refractivity contribution in [2.75, 3.05) is 20.3 Å². The summed E-state index contributed by atoms with van der Waals surface area (Å²) < 4.78 is 22.5. The highest BCUT2D eigenvalue weighted by Crippen LogP contribution is 2.45. The molecule has 6 heteroatoms. The minimum atomic E-state index is -0.693. The van der Waals surface area contributed by atoms with E-state index in [0.717, 1.165) is 31.2 Å². The van der Waals surface area contributed by atoms with Gasteiger partial charge in [-0.25, -0.2) is 0 Å². The molecular formula is C24H26O6. The summed E-state index contributed by atoms with van der Waals surface area (Å²) >= 11 is 0. The van der Waals surface area contributed by atoms with Gasteiger partial charge in [-0.3, -0.25) is 9.59 Å². The lowest BCUT2D eigenvalue weighted by Gasteiger charge is -2.29. The summed E-state index contributed by atoms with van der Waals surface area (Å²) in [5.74, 6) is 1.67. The molecule has 0 bridgehead atoms. The summed E-state index contributed by atoms with van der Waals surface area (Å²) in [6.07, 6.45) is 3.39. The average molecular weight is 410 g/mol. The average Bonchev–Trinajstić information content (AvgIpc) is 3.28. The van der Waals surface area contributed by atoms with Crippen LogP contribution in [0.1, 0.15) is 54.1 Å². The van der Waals surface area contributed by atoms with Gasteiger partial charge in [0, 0.05) is 11.1 Å². The zero-order chi connectivity index (χ0) is 21.1. The van der Waals surface area contributed by atoms with Crippen LogP contribution < -0.4 is 14.2 Å². The number of hydrogen-bond donors (Lipinski definition) is 0. The fraction of sp³-hybridized carbons (Fsp3) is 0.417. The zero-order valence-corrected chi connectivity index (χ0v) is 17.4. The molecule has 2 aromatic rings. The highest BCUT2D eigenvalue weighted by molar-refractivity contribution is 5.94. The molecule has 30 heavy (non-hydrogen) atoms. The Hall–Kier alpha value is -3.02. The van der Waals surface area contributed by atoms with Crippen molar-refractivity contribution in [3.05, 3.63) is 53.1 Å². The molecule has 0 unspecified atom stereocenters. The van der Waals surface area contributed by atoms with Crippen LogP contribution in [0.2, 0.25) is 0 Å². The minimum absolute atomic E-state index is 0.0474. The van der Waals surface area contributed by atoms with E-state index in [0.29, 0.717) is 41.6 Å². The SMILES string of the molecule is COc1ccc(C(C)=O)cc1COC(=O)C1(c2ccc3c(c2)OCCO3)CCCC1. The largest absolute Gasteiger partial charge is 0.496 e.